The zero-order chi connectivity index (χ0) is 23.4. The second-order valence-corrected chi connectivity index (χ2v) is 8.03. The predicted octanol–water partition coefficient (Wildman–Crippen LogP) is 4.57. The molecular formula is C25H30N4O4. The van der Waals surface area contributed by atoms with Crippen LogP contribution >= 0.6 is 0 Å². The van der Waals surface area contributed by atoms with Crippen molar-refractivity contribution in [2.45, 2.75) is 25.7 Å². The second-order valence-electron chi connectivity index (χ2n) is 8.03. The Hall–Kier alpha value is -3.52. The maximum atomic E-state index is 12.3. The van der Waals surface area contributed by atoms with Gasteiger partial charge in [-0.1, -0.05) is 12.1 Å². The third kappa shape index (κ3) is 4.66. The summed E-state index contributed by atoms with van der Waals surface area (Å²) in [6, 6.07) is 17.5. The van der Waals surface area contributed by atoms with Gasteiger partial charge in [0, 0.05) is 31.1 Å². The van der Waals surface area contributed by atoms with Crippen molar-refractivity contribution < 1.29 is 19.5 Å². The Labute approximate surface area is 193 Å². The predicted molar refractivity (Wildman–Crippen MR) is 125 cm³/mol. The van der Waals surface area contributed by atoms with Gasteiger partial charge in [-0.25, -0.2) is 14.5 Å². The fraction of sp³-hybridized carbons (Fsp3) is 0.360. The van der Waals surface area contributed by atoms with E-state index in [9.17, 15) is 10.0 Å². The number of carbonyl (C=O) groups excluding carboxylic acids is 1. The lowest BCUT2D eigenvalue weighted by Crippen LogP contribution is -2.45. The highest BCUT2D eigenvalue weighted by atomic mass is 16.5. The Balaban J connectivity index is 1.66. The Bertz CT molecular complexity index is 1090. The number of urea groups is 1. The number of hydrogen-bond donors (Lipinski definition) is 1. The average molecular weight is 451 g/mol. The van der Waals surface area contributed by atoms with E-state index < -0.39 is 0 Å². The van der Waals surface area contributed by atoms with E-state index in [0.717, 1.165) is 52.0 Å². The van der Waals surface area contributed by atoms with Gasteiger partial charge in [0.2, 0.25) is 0 Å². The molecule has 33 heavy (non-hydrogen) atoms. The summed E-state index contributed by atoms with van der Waals surface area (Å²) in [7, 11) is 3.31. The zero-order valence-corrected chi connectivity index (χ0v) is 19.3. The monoisotopic (exact) mass is 450 g/mol. The lowest BCUT2D eigenvalue weighted by Gasteiger charge is -2.32. The molecule has 0 bridgehead atoms. The molecule has 1 aliphatic heterocycles. The molecule has 8 heteroatoms. The van der Waals surface area contributed by atoms with Gasteiger partial charge in [-0.05, 0) is 62.2 Å². The van der Waals surface area contributed by atoms with Crippen molar-refractivity contribution in [1.82, 2.24) is 19.7 Å². The van der Waals surface area contributed by atoms with Gasteiger partial charge in [0.25, 0.3) is 0 Å². The molecule has 0 atom stereocenters. The average Bonchev–Trinajstić information content (AvgIpc) is 3.33. The van der Waals surface area contributed by atoms with Gasteiger partial charge in [-0.15, -0.1) is 0 Å². The van der Waals surface area contributed by atoms with Gasteiger partial charge in [-0.2, -0.15) is 5.10 Å². The smallest absolute Gasteiger partial charge is 0.343 e. The van der Waals surface area contributed by atoms with Crippen LogP contribution in [0.25, 0.3) is 16.9 Å². The molecular weight excluding hydrogens is 420 g/mol. The Kier molecular flexibility index (Phi) is 6.84. The molecule has 2 heterocycles. The van der Waals surface area contributed by atoms with Crippen molar-refractivity contribution in [1.29, 1.82) is 0 Å². The third-order valence-corrected chi connectivity index (χ3v) is 6.13. The van der Waals surface area contributed by atoms with Crippen molar-refractivity contribution in [2.24, 2.45) is 0 Å². The minimum atomic E-state index is -0.338. The molecule has 2 aromatic carbocycles. The van der Waals surface area contributed by atoms with Gasteiger partial charge in [0.15, 0.2) is 0 Å². The van der Waals surface area contributed by atoms with Crippen LogP contribution in [-0.4, -0.2) is 64.8 Å². The fourth-order valence-electron chi connectivity index (χ4n) is 4.22. The number of nitrogens with zero attached hydrogens (tertiary/aromatic N) is 4. The Morgan fingerprint density at radius 3 is 2.42 bits per heavy atom. The van der Waals surface area contributed by atoms with E-state index in [1.54, 1.807) is 26.0 Å². The maximum Gasteiger partial charge on any atom is 0.343 e. The van der Waals surface area contributed by atoms with E-state index >= 15 is 0 Å². The highest BCUT2D eigenvalue weighted by Crippen LogP contribution is 2.34. The molecule has 4 rings (SSSR count). The molecule has 174 valence electrons. The molecule has 0 saturated carbocycles. The third-order valence-electron chi connectivity index (χ3n) is 6.13. The summed E-state index contributed by atoms with van der Waals surface area (Å²) in [5.41, 5.74) is 3.83. The molecule has 2 amide bonds. The second kappa shape index (κ2) is 9.95. The molecule has 0 radical (unpaired) electrons. The van der Waals surface area contributed by atoms with Gasteiger partial charge < -0.3 is 14.4 Å². The summed E-state index contributed by atoms with van der Waals surface area (Å²) in [5.74, 6) is 1.75. The first-order valence-electron chi connectivity index (χ1n) is 11.2. The number of amides is 2. The topological polar surface area (TPSA) is 80.1 Å². The highest BCUT2D eigenvalue weighted by Gasteiger charge is 2.28. The van der Waals surface area contributed by atoms with Crippen molar-refractivity contribution in [3.8, 4) is 28.4 Å². The van der Waals surface area contributed by atoms with Crippen LogP contribution in [0.3, 0.4) is 0 Å². The van der Waals surface area contributed by atoms with Gasteiger partial charge in [0.1, 0.15) is 17.2 Å². The van der Waals surface area contributed by atoms with E-state index in [4.69, 9.17) is 14.6 Å². The van der Waals surface area contributed by atoms with E-state index in [0.29, 0.717) is 13.1 Å². The zero-order valence-electron chi connectivity index (χ0n) is 19.3. The number of carbonyl (C=O) groups is 1. The highest BCUT2D eigenvalue weighted by molar-refractivity contribution is 5.73. The normalized spacial score (nSPS) is 14.2. The minimum Gasteiger partial charge on any atom is -0.497 e. The number of benzene rings is 2. The summed E-state index contributed by atoms with van der Waals surface area (Å²) in [6.07, 6.45) is 1.57. The van der Waals surface area contributed by atoms with Gasteiger partial charge >= 0.3 is 6.03 Å². The lowest BCUT2D eigenvalue weighted by atomic mass is 9.93. The van der Waals surface area contributed by atoms with Crippen LogP contribution < -0.4 is 9.47 Å². The molecule has 0 spiro atoms. The maximum absolute atomic E-state index is 12.3. The Morgan fingerprint density at radius 1 is 1.09 bits per heavy atom. The van der Waals surface area contributed by atoms with Crippen molar-refractivity contribution in [3.05, 3.63) is 60.3 Å². The Morgan fingerprint density at radius 2 is 1.79 bits per heavy atom. The number of hydroxylamine groups is 2. The number of likely N-dealkylation sites (tertiary alicyclic amines) is 1. The van der Waals surface area contributed by atoms with Gasteiger partial charge in [0.05, 0.1) is 25.6 Å². The first kappa shape index (κ1) is 22.7. The SMILES string of the molecule is CCN(O)C(=O)N1CCC(c2cc(-c3ccc(OC)cc3)n(-c3ccccc3OC)n2)CC1. The van der Waals surface area contributed by atoms with Crippen molar-refractivity contribution in [2.75, 3.05) is 33.9 Å². The number of para-hydroxylation sites is 2. The van der Waals surface area contributed by atoms with E-state index in [-0.39, 0.29) is 18.5 Å². The number of piperidine rings is 1. The first-order valence-corrected chi connectivity index (χ1v) is 11.2. The molecule has 0 aliphatic carbocycles. The van der Waals surface area contributed by atoms with Crippen LogP contribution in [0.15, 0.2) is 54.6 Å². The molecule has 1 aliphatic rings. The quantitative estimate of drug-likeness (QED) is 0.440. The molecule has 1 aromatic heterocycles. The van der Waals surface area contributed by atoms with E-state index in [1.807, 2.05) is 53.2 Å². The van der Waals surface area contributed by atoms with Crippen LogP contribution in [0.5, 0.6) is 11.5 Å². The van der Waals surface area contributed by atoms with Crippen LogP contribution in [0.1, 0.15) is 31.4 Å². The van der Waals surface area contributed by atoms with Crippen LogP contribution in [0.4, 0.5) is 4.79 Å². The molecule has 3 aromatic rings. The molecule has 0 unspecified atom stereocenters. The molecule has 1 N–H and O–H groups in total. The molecule has 1 saturated heterocycles. The largest absolute Gasteiger partial charge is 0.497 e. The molecule has 1 fully saturated rings. The summed E-state index contributed by atoms with van der Waals surface area (Å²) >= 11 is 0. The van der Waals surface area contributed by atoms with Crippen molar-refractivity contribution >= 4 is 6.03 Å². The van der Waals surface area contributed by atoms with Gasteiger partial charge in [-0.3, -0.25) is 5.21 Å². The number of methoxy groups -OCH3 is 2. The standard InChI is InChI=1S/C25H30N4O4/c1-4-28(31)25(30)27-15-13-18(14-16-27)21-17-23(19-9-11-20(32-2)12-10-19)29(26-21)22-7-5-6-8-24(22)33-3/h5-12,17-18,31H,4,13-16H2,1-3H3. The summed E-state index contributed by atoms with van der Waals surface area (Å²) in [6.45, 7) is 3.18. The van der Waals surface area contributed by atoms with E-state index in [2.05, 4.69) is 6.07 Å². The van der Waals surface area contributed by atoms with E-state index in [1.165, 1.54) is 0 Å². The summed E-state index contributed by atoms with van der Waals surface area (Å²) in [4.78, 5) is 14.0. The summed E-state index contributed by atoms with van der Waals surface area (Å²) < 4.78 is 12.8. The number of hydrogen-bond acceptors (Lipinski definition) is 5. The van der Waals surface area contributed by atoms with Crippen LogP contribution in [0, 0.1) is 0 Å². The minimum absolute atomic E-state index is 0.218. The number of ether oxygens (including phenoxy) is 2. The van der Waals surface area contributed by atoms with Crippen molar-refractivity contribution in [3.63, 3.8) is 0 Å². The number of rotatable bonds is 6. The van der Waals surface area contributed by atoms with Crippen LogP contribution in [0.2, 0.25) is 0 Å². The van der Waals surface area contributed by atoms with Crippen LogP contribution in [-0.2, 0) is 0 Å². The molecule has 8 nitrogen and oxygen atoms in total. The number of aromatic nitrogens is 2. The fourth-order valence-corrected chi connectivity index (χ4v) is 4.22. The first-order chi connectivity index (χ1) is 16.0. The lowest BCUT2D eigenvalue weighted by molar-refractivity contribution is -0.0542. The summed E-state index contributed by atoms with van der Waals surface area (Å²) in [5, 5.41) is 15.5.